The number of benzene rings is 1. The summed E-state index contributed by atoms with van der Waals surface area (Å²) in [5, 5.41) is 11.6. The Bertz CT molecular complexity index is 599. The minimum atomic E-state index is -0.546. The fourth-order valence-electron chi connectivity index (χ4n) is 2.72. The average Bonchev–Trinajstić information content (AvgIpc) is 2.76. The van der Waals surface area contributed by atoms with Crippen LogP contribution in [0.25, 0.3) is 0 Å². The second kappa shape index (κ2) is 6.28. The van der Waals surface area contributed by atoms with E-state index in [0.29, 0.717) is 5.56 Å². The van der Waals surface area contributed by atoms with E-state index in [1.807, 2.05) is 0 Å². The van der Waals surface area contributed by atoms with E-state index in [0.717, 1.165) is 19.3 Å². The summed E-state index contributed by atoms with van der Waals surface area (Å²) in [6.07, 6.45) is 2.99. The number of aliphatic hydroxyl groups excluding tert-OH is 1. The molecule has 1 aliphatic carbocycles. The largest absolute Gasteiger partial charge is 0.384 e. The van der Waals surface area contributed by atoms with E-state index in [1.165, 1.54) is 12.1 Å². The van der Waals surface area contributed by atoms with Crippen LogP contribution in [-0.4, -0.2) is 23.7 Å². The number of hydrogen-bond donors (Lipinski definition) is 2. The molecular weight excluding hydrogens is 269 g/mol. The number of carbonyl (C=O) groups is 1. The third-order valence-electron chi connectivity index (χ3n) is 3.84. The Hall–Kier alpha value is -1.86. The highest BCUT2D eigenvalue weighted by Crippen LogP contribution is 2.36. The van der Waals surface area contributed by atoms with Gasteiger partial charge in [-0.1, -0.05) is 25.7 Å². The second-order valence-corrected chi connectivity index (χ2v) is 6.23. The number of aliphatic hydroxyl groups is 1. The summed E-state index contributed by atoms with van der Waals surface area (Å²) in [4.78, 5) is 12.1. The Morgan fingerprint density at radius 2 is 2.29 bits per heavy atom. The number of halogens is 1. The Labute approximate surface area is 124 Å². The van der Waals surface area contributed by atoms with Crippen LogP contribution in [0.2, 0.25) is 0 Å². The molecule has 1 saturated carbocycles. The standard InChI is InChI=1S/C17H20FNO2/c1-17(2)8-7-14(11-17)19-16(21)13-6-5-12(4-3-9-20)15(18)10-13/h5-6,10,14,20H,7-9,11H2,1-2H3,(H,19,21). The molecule has 1 aliphatic rings. The van der Waals surface area contributed by atoms with Crippen LogP contribution in [-0.2, 0) is 0 Å². The van der Waals surface area contributed by atoms with Crippen molar-refractivity contribution in [2.75, 3.05) is 6.61 Å². The zero-order valence-corrected chi connectivity index (χ0v) is 12.4. The van der Waals surface area contributed by atoms with Crippen molar-refractivity contribution in [3.05, 3.63) is 35.1 Å². The summed E-state index contributed by atoms with van der Waals surface area (Å²) >= 11 is 0. The van der Waals surface area contributed by atoms with Gasteiger partial charge in [0.15, 0.2) is 0 Å². The Morgan fingerprint density at radius 3 is 2.86 bits per heavy atom. The molecule has 112 valence electrons. The van der Waals surface area contributed by atoms with Gasteiger partial charge in [-0.15, -0.1) is 0 Å². The van der Waals surface area contributed by atoms with Gasteiger partial charge < -0.3 is 10.4 Å². The molecule has 1 aromatic rings. The molecule has 1 unspecified atom stereocenters. The fraction of sp³-hybridized carbons (Fsp3) is 0.471. The van der Waals surface area contributed by atoms with Gasteiger partial charge in [0, 0.05) is 11.6 Å². The summed E-state index contributed by atoms with van der Waals surface area (Å²) in [5.41, 5.74) is 0.738. The van der Waals surface area contributed by atoms with Crippen molar-refractivity contribution < 1.29 is 14.3 Å². The molecule has 1 atom stereocenters. The van der Waals surface area contributed by atoms with Crippen molar-refractivity contribution in [2.45, 2.75) is 39.2 Å². The first-order valence-electron chi connectivity index (χ1n) is 7.11. The third kappa shape index (κ3) is 4.05. The molecule has 1 amide bonds. The van der Waals surface area contributed by atoms with Gasteiger partial charge in [-0.2, -0.15) is 0 Å². The van der Waals surface area contributed by atoms with Gasteiger partial charge >= 0.3 is 0 Å². The molecule has 2 rings (SSSR count). The number of nitrogens with one attached hydrogen (secondary N) is 1. The van der Waals surface area contributed by atoms with Gasteiger partial charge in [0.05, 0.1) is 5.56 Å². The average molecular weight is 289 g/mol. The highest BCUT2D eigenvalue weighted by Gasteiger charge is 2.31. The van der Waals surface area contributed by atoms with E-state index in [-0.39, 0.29) is 29.5 Å². The zero-order valence-electron chi connectivity index (χ0n) is 12.4. The van der Waals surface area contributed by atoms with E-state index < -0.39 is 5.82 Å². The fourth-order valence-corrected chi connectivity index (χ4v) is 2.72. The molecule has 0 bridgehead atoms. The Balaban J connectivity index is 2.05. The Kier molecular flexibility index (Phi) is 4.64. The summed E-state index contributed by atoms with van der Waals surface area (Å²) in [6.45, 7) is 4.06. The third-order valence-corrected chi connectivity index (χ3v) is 3.84. The van der Waals surface area contributed by atoms with E-state index in [2.05, 4.69) is 31.0 Å². The lowest BCUT2D eigenvalue weighted by atomic mass is 9.92. The molecule has 0 heterocycles. The first-order valence-corrected chi connectivity index (χ1v) is 7.11. The van der Waals surface area contributed by atoms with Crippen LogP contribution in [0.3, 0.4) is 0 Å². The lowest BCUT2D eigenvalue weighted by Crippen LogP contribution is -2.33. The van der Waals surface area contributed by atoms with Crippen molar-refractivity contribution in [3.8, 4) is 11.8 Å². The van der Waals surface area contributed by atoms with Crippen LogP contribution in [0.4, 0.5) is 4.39 Å². The predicted molar refractivity (Wildman–Crippen MR) is 79.3 cm³/mol. The first-order chi connectivity index (χ1) is 9.91. The van der Waals surface area contributed by atoms with Crippen molar-refractivity contribution in [3.63, 3.8) is 0 Å². The molecule has 0 aliphatic heterocycles. The minimum absolute atomic E-state index is 0.157. The first kappa shape index (κ1) is 15.5. The van der Waals surface area contributed by atoms with Crippen molar-refractivity contribution in [1.29, 1.82) is 0 Å². The molecule has 3 nitrogen and oxygen atoms in total. The summed E-state index contributed by atoms with van der Waals surface area (Å²) in [5.74, 6) is 4.10. The van der Waals surface area contributed by atoms with E-state index in [4.69, 9.17) is 5.11 Å². The van der Waals surface area contributed by atoms with Gasteiger partial charge in [-0.05, 0) is 42.9 Å². The molecule has 1 fully saturated rings. The van der Waals surface area contributed by atoms with Gasteiger partial charge in [0.1, 0.15) is 12.4 Å². The van der Waals surface area contributed by atoms with Gasteiger partial charge in [0.25, 0.3) is 5.91 Å². The van der Waals surface area contributed by atoms with Gasteiger partial charge in [-0.3, -0.25) is 4.79 Å². The molecule has 4 heteroatoms. The SMILES string of the molecule is CC1(C)CCC(NC(=O)c2ccc(C#CCO)c(F)c2)C1. The monoisotopic (exact) mass is 289 g/mol. The molecule has 0 aromatic heterocycles. The van der Waals surface area contributed by atoms with Gasteiger partial charge in [0.2, 0.25) is 0 Å². The molecule has 2 N–H and O–H groups in total. The second-order valence-electron chi connectivity index (χ2n) is 6.23. The molecule has 0 saturated heterocycles. The number of carbonyl (C=O) groups excluding carboxylic acids is 1. The molecular formula is C17H20FNO2. The van der Waals surface area contributed by atoms with Crippen LogP contribution in [0.15, 0.2) is 18.2 Å². The van der Waals surface area contributed by atoms with Gasteiger partial charge in [-0.25, -0.2) is 4.39 Å². The van der Waals surface area contributed by atoms with Crippen LogP contribution in [0.1, 0.15) is 49.0 Å². The van der Waals surface area contributed by atoms with E-state index in [1.54, 1.807) is 6.07 Å². The Morgan fingerprint density at radius 1 is 1.52 bits per heavy atom. The van der Waals surface area contributed by atoms with Crippen LogP contribution >= 0.6 is 0 Å². The van der Waals surface area contributed by atoms with E-state index in [9.17, 15) is 9.18 Å². The highest BCUT2D eigenvalue weighted by atomic mass is 19.1. The number of hydrogen-bond acceptors (Lipinski definition) is 2. The summed E-state index contributed by atoms with van der Waals surface area (Å²) in [7, 11) is 0. The minimum Gasteiger partial charge on any atom is -0.384 e. The van der Waals surface area contributed by atoms with Crippen LogP contribution in [0, 0.1) is 23.1 Å². The van der Waals surface area contributed by atoms with E-state index >= 15 is 0 Å². The molecule has 0 spiro atoms. The normalized spacial score (nSPS) is 19.7. The lowest BCUT2D eigenvalue weighted by Gasteiger charge is -2.17. The molecule has 21 heavy (non-hydrogen) atoms. The van der Waals surface area contributed by atoms with Crippen molar-refractivity contribution in [1.82, 2.24) is 5.32 Å². The molecule has 1 aromatic carbocycles. The number of amides is 1. The zero-order chi connectivity index (χ0) is 15.5. The maximum atomic E-state index is 13.8. The maximum Gasteiger partial charge on any atom is 0.251 e. The smallest absolute Gasteiger partial charge is 0.251 e. The van der Waals surface area contributed by atoms with Crippen molar-refractivity contribution in [2.24, 2.45) is 5.41 Å². The lowest BCUT2D eigenvalue weighted by molar-refractivity contribution is 0.0935. The van der Waals surface area contributed by atoms with Crippen LogP contribution in [0.5, 0.6) is 0 Å². The molecule has 0 radical (unpaired) electrons. The highest BCUT2D eigenvalue weighted by molar-refractivity contribution is 5.94. The van der Waals surface area contributed by atoms with Crippen LogP contribution < -0.4 is 5.32 Å². The predicted octanol–water partition coefficient (Wildman–Crippen LogP) is 2.48. The summed E-state index contributed by atoms with van der Waals surface area (Å²) in [6, 6.07) is 4.37. The maximum absolute atomic E-state index is 13.8. The summed E-state index contributed by atoms with van der Waals surface area (Å²) < 4.78 is 13.8. The quantitative estimate of drug-likeness (QED) is 0.822. The number of rotatable bonds is 2. The topological polar surface area (TPSA) is 49.3 Å². The van der Waals surface area contributed by atoms with Crippen molar-refractivity contribution >= 4 is 5.91 Å².